The number of hydrogen-bond acceptors (Lipinski definition) is 9. The molecule has 3 heterocycles. The Morgan fingerprint density at radius 1 is 1.19 bits per heavy atom. The maximum Gasteiger partial charge on any atom is 0.272 e. The van der Waals surface area contributed by atoms with E-state index in [0.29, 0.717) is 25.5 Å². The highest BCUT2D eigenvalue weighted by Crippen LogP contribution is 2.28. The molecule has 0 radical (unpaired) electrons. The number of benzene rings is 1. The van der Waals surface area contributed by atoms with Crippen molar-refractivity contribution >= 4 is 11.6 Å². The van der Waals surface area contributed by atoms with E-state index in [1.807, 2.05) is 13.8 Å². The van der Waals surface area contributed by atoms with Gasteiger partial charge < -0.3 is 19.6 Å². The van der Waals surface area contributed by atoms with Gasteiger partial charge in [0.2, 0.25) is 5.88 Å². The molecule has 10 nitrogen and oxygen atoms in total. The molecule has 1 aromatic heterocycles. The van der Waals surface area contributed by atoms with Crippen molar-refractivity contribution in [3.8, 4) is 5.88 Å². The minimum atomic E-state index is -0.681. The van der Waals surface area contributed by atoms with E-state index in [1.54, 1.807) is 40.1 Å². The predicted octanol–water partition coefficient (Wildman–Crippen LogP) is 1.64. The van der Waals surface area contributed by atoms with Crippen LogP contribution in [0.15, 0.2) is 64.5 Å². The summed E-state index contributed by atoms with van der Waals surface area (Å²) in [4.78, 5) is 20.4. The lowest BCUT2D eigenvalue weighted by atomic mass is 9.98. The third-order valence-corrected chi connectivity index (χ3v) is 5.32. The first-order valence-corrected chi connectivity index (χ1v) is 10.0. The lowest BCUT2D eigenvalue weighted by Gasteiger charge is -2.51. The Bertz CT molecular complexity index is 1090. The molecule has 0 bridgehead atoms. The molecule has 0 spiro atoms. The van der Waals surface area contributed by atoms with E-state index in [2.05, 4.69) is 20.7 Å². The van der Waals surface area contributed by atoms with Crippen LogP contribution in [0.1, 0.15) is 24.3 Å². The van der Waals surface area contributed by atoms with E-state index in [-0.39, 0.29) is 29.0 Å². The quantitative estimate of drug-likeness (QED) is 0.720. The average molecular weight is 440 g/mol. The van der Waals surface area contributed by atoms with Crippen LogP contribution in [0.5, 0.6) is 5.88 Å². The van der Waals surface area contributed by atoms with Gasteiger partial charge in [-0.1, -0.05) is 18.2 Å². The van der Waals surface area contributed by atoms with Gasteiger partial charge in [-0.3, -0.25) is 10.2 Å². The number of hydrazine groups is 1. The topological polar surface area (TPSA) is 109 Å². The number of carbonyl (C=O) groups excluding carboxylic acids is 1. The van der Waals surface area contributed by atoms with Gasteiger partial charge in [0.1, 0.15) is 11.4 Å². The first kappa shape index (κ1) is 21.3. The molecule has 0 aliphatic carbocycles. The number of ether oxygens (including phenoxy) is 1. The van der Waals surface area contributed by atoms with E-state index in [1.165, 1.54) is 19.2 Å². The summed E-state index contributed by atoms with van der Waals surface area (Å²) in [5.41, 5.74) is 2.49. The molecule has 1 saturated heterocycles. The summed E-state index contributed by atoms with van der Waals surface area (Å²) in [7, 11) is 1.49. The van der Waals surface area contributed by atoms with Gasteiger partial charge in [0, 0.05) is 31.6 Å². The van der Waals surface area contributed by atoms with Crippen molar-refractivity contribution in [3.05, 3.63) is 65.7 Å². The molecular formula is C21H23FN7O3-. The smallest absolute Gasteiger partial charge is 0.272 e. The minimum absolute atomic E-state index is 0.0180. The van der Waals surface area contributed by atoms with Crippen molar-refractivity contribution in [2.75, 3.05) is 31.9 Å². The number of nitrogens with one attached hydrogen (secondary N) is 1. The van der Waals surface area contributed by atoms with Crippen LogP contribution in [-0.2, 0) is 0 Å². The molecule has 1 aromatic carbocycles. The largest absolute Gasteiger partial charge is 0.858 e. The van der Waals surface area contributed by atoms with Crippen LogP contribution in [0.2, 0.25) is 0 Å². The molecule has 0 saturated carbocycles. The number of halogens is 1. The summed E-state index contributed by atoms with van der Waals surface area (Å²) in [6.45, 7) is 4.66. The van der Waals surface area contributed by atoms with Crippen molar-refractivity contribution < 1.29 is 19.0 Å². The molecule has 4 rings (SSSR count). The molecule has 1 fully saturated rings. The Balaban J connectivity index is 1.49. The second-order valence-electron chi connectivity index (χ2n) is 7.97. The van der Waals surface area contributed by atoms with Crippen LogP contribution in [0, 0.1) is 5.82 Å². The van der Waals surface area contributed by atoms with E-state index in [4.69, 9.17) is 4.74 Å². The SMILES string of the molecule is COc1cccc(C(=O)N2CCN(C([O-])=C3N=NN(c4ccccc4F)N3)C(C)(C)C2)n1. The highest BCUT2D eigenvalue weighted by molar-refractivity contribution is 5.92. The van der Waals surface area contributed by atoms with Gasteiger partial charge >= 0.3 is 0 Å². The van der Waals surface area contributed by atoms with Gasteiger partial charge in [0.25, 0.3) is 5.91 Å². The summed E-state index contributed by atoms with van der Waals surface area (Å²) in [5.74, 6) is -0.774. The van der Waals surface area contributed by atoms with E-state index in [0.717, 1.165) is 5.12 Å². The van der Waals surface area contributed by atoms with E-state index >= 15 is 0 Å². The highest BCUT2D eigenvalue weighted by atomic mass is 19.1. The number of hydrogen-bond donors (Lipinski definition) is 1. The monoisotopic (exact) mass is 440 g/mol. The van der Waals surface area contributed by atoms with Crippen LogP contribution in [0.25, 0.3) is 0 Å². The fourth-order valence-corrected chi connectivity index (χ4v) is 3.70. The summed E-state index contributed by atoms with van der Waals surface area (Å²) < 4.78 is 19.1. The van der Waals surface area contributed by atoms with Crippen LogP contribution < -0.4 is 20.4 Å². The second-order valence-corrected chi connectivity index (χ2v) is 7.97. The first-order chi connectivity index (χ1) is 15.3. The maximum absolute atomic E-state index is 14.0. The molecular weight excluding hydrogens is 417 g/mol. The lowest BCUT2D eigenvalue weighted by Crippen LogP contribution is -2.61. The van der Waals surface area contributed by atoms with E-state index < -0.39 is 11.4 Å². The van der Waals surface area contributed by atoms with Crippen LogP contribution >= 0.6 is 0 Å². The number of carbonyl (C=O) groups is 1. The van der Waals surface area contributed by atoms with Gasteiger partial charge in [-0.2, -0.15) is 5.12 Å². The third-order valence-electron chi connectivity index (χ3n) is 5.32. The number of methoxy groups -OCH3 is 1. The minimum Gasteiger partial charge on any atom is -0.858 e. The van der Waals surface area contributed by atoms with Crippen LogP contribution in [0.4, 0.5) is 10.1 Å². The van der Waals surface area contributed by atoms with Crippen molar-refractivity contribution in [3.63, 3.8) is 0 Å². The molecule has 0 atom stereocenters. The first-order valence-electron chi connectivity index (χ1n) is 10.0. The van der Waals surface area contributed by atoms with Crippen LogP contribution in [0.3, 0.4) is 0 Å². The number of amides is 1. The zero-order valence-electron chi connectivity index (χ0n) is 17.9. The summed E-state index contributed by atoms with van der Waals surface area (Å²) in [6.07, 6.45) is 0. The molecule has 1 amide bonds. The molecule has 32 heavy (non-hydrogen) atoms. The summed E-state index contributed by atoms with van der Waals surface area (Å²) in [5, 5.41) is 22.0. The molecule has 1 N–H and O–H groups in total. The highest BCUT2D eigenvalue weighted by Gasteiger charge is 2.36. The Labute approximate surface area is 184 Å². The number of para-hydroxylation sites is 1. The Morgan fingerprint density at radius 2 is 1.97 bits per heavy atom. The Hall–Kier alpha value is -3.89. The van der Waals surface area contributed by atoms with E-state index in [9.17, 15) is 14.3 Å². The second kappa shape index (κ2) is 8.33. The maximum atomic E-state index is 14.0. The number of nitrogens with zero attached hydrogens (tertiary/aromatic N) is 6. The number of piperazine rings is 1. The molecule has 2 aromatic rings. The average Bonchev–Trinajstić information content (AvgIpc) is 3.28. The zero-order chi connectivity index (χ0) is 22.9. The summed E-state index contributed by atoms with van der Waals surface area (Å²) >= 11 is 0. The molecule has 2 aliphatic rings. The standard InChI is InChI=1S/C21H24FN7O3/c1-21(2)13-27(19(30)15-8-6-10-17(23-15)32-3)11-12-28(21)20(31)18-24-26-29(25-18)16-9-5-4-7-14(16)22/h4-10,25,31H,11-13H2,1-3H3/p-1. The fraction of sp³-hybridized carbons (Fsp3) is 0.333. The number of pyridine rings is 1. The normalized spacial score (nSPS) is 19.1. The van der Waals surface area contributed by atoms with Gasteiger partial charge in [-0.15, -0.1) is 5.11 Å². The Morgan fingerprint density at radius 3 is 2.69 bits per heavy atom. The zero-order valence-corrected chi connectivity index (χ0v) is 17.9. The van der Waals surface area contributed by atoms with Gasteiger partial charge in [-0.05, 0) is 37.3 Å². The van der Waals surface area contributed by atoms with Gasteiger partial charge in [-0.25, -0.2) is 9.37 Å². The molecule has 168 valence electrons. The van der Waals surface area contributed by atoms with Crippen molar-refractivity contribution in [1.82, 2.24) is 20.2 Å². The molecule has 2 aliphatic heterocycles. The fourth-order valence-electron chi connectivity index (χ4n) is 3.70. The predicted molar refractivity (Wildman–Crippen MR) is 111 cm³/mol. The number of rotatable bonds is 4. The summed E-state index contributed by atoms with van der Waals surface area (Å²) in [6, 6.07) is 11.0. The number of aromatic nitrogens is 1. The van der Waals surface area contributed by atoms with Gasteiger partial charge in [0.15, 0.2) is 11.6 Å². The molecule has 0 unspecified atom stereocenters. The Kier molecular flexibility index (Phi) is 5.56. The van der Waals surface area contributed by atoms with Crippen LogP contribution in [-0.4, -0.2) is 53.0 Å². The van der Waals surface area contributed by atoms with Crippen molar-refractivity contribution in [1.29, 1.82) is 0 Å². The van der Waals surface area contributed by atoms with Gasteiger partial charge in [0.05, 0.1) is 12.6 Å². The third kappa shape index (κ3) is 4.01. The van der Waals surface area contributed by atoms with Crippen molar-refractivity contribution in [2.24, 2.45) is 10.3 Å². The molecule has 11 heteroatoms. The number of anilines is 1. The lowest BCUT2D eigenvalue weighted by molar-refractivity contribution is -0.344. The van der Waals surface area contributed by atoms with Crippen molar-refractivity contribution in [2.45, 2.75) is 19.4 Å².